The maximum Gasteiger partial charge on any atom is 0.191 e. The highest BCUT2D eigenvalue weighted by molar-refractivity contribution is 7.99. The second-order valence-electron chi connectivity index (χ2n) is 8.92. The second kappa shape index (κ2) is 10.5. The van der Waals surface area contributed by atoms with E-state index in [-0.39, 0.29) is 52.8 Å². The van der Waals surface area contributed by atoms with Crippen LogP contribution in [-0.2, 0) is 4.74 Å². The third kappa shape index (κ3) is 4.92. The van der Waals surface area contributed by atoms with Gasteiger partial charge in [-0.25, -0.2) is 19.0 Å². The highest BCUT2D eigenvalue weighted by Gasteiger charge is 2.45. The predicted molar refractivity (Wildman–Crippen MR) is 133 cm³/mol. The number of ether oxygens (including phenoxy) is 1. The summed E-state index contributed by atoms with van der Waals surface area (Å²) in [6, 6.07) is 3.92. The summed E-state index contributed by atoms with van der Waals surface area (Å²) < 4.78 is 66.8. The van der Waals surface area contributed by atoms with Gasteiger partial charge in [-0.2, -0.15) is 0 Å². The summed E-state index contributed by atoms with van der Waals surface area (Å²) in [5, 5.41) is 42.6. The number of nitrogens with one attached hydrogen (secondary N) is 1. The van der Waals surface area contributed by atoms with E-state index in [1.54, 1.807) is 19.9 Å². The third-order valence-electron chi connectivity index (χ3n) is 6.52. The molecule has 0 spiro atoms. The van der Waals surface area contributed by atoms with Gasteiger partial charge in [-0.3, -0.25) is 0 Å². The van der Waals surface area contributed by atoms with Crippen LogP contribution in [0.15, 0.2) is 23.4 Å². The van der Waals surface area contributed by atoms with Crippen molar-refractivity contribution in [1.82, 2.24) is 25.0 Å². The van der Waals surface area contributed by atoms with Gasteiger partial charge in [-0.05, 0) is 37.0 Å². The minimum absolute atomic E-state index is 0.00535. The van der Waals surface area contributed by atoms with Crippen LogP contribution in [0.3, 0.4) is 0 Å². The van der Waals surface area contributed by atoms with Crippen molar-refractivity contribution >= 4 is 28.7 Å². The molecule has 0 saturated heterocycles. The molecule has 0 radical (unpaired) electrons. The number of fused-ring (bicyclic) bond motifs is 1. The zero-order valence-electron chi connectivity index (χ0n) is 25.6. The monoisotopic (exact) mass is 524 g/mol. The van der Waals surface area contributed by atoms with Crippen molar-refractivity contribution in [3.8, 4) is 0 Å². The molecule has 3 aromatic rings. The Labute approximate surface area is 220 Å². The van der Waals surface area contributed by atoms with E-state index < -0.39 is 43.2 Å². The van der Waals surface area contributed by atoms with Crippen molar-refractivity contribution in [2.24, 2.45) is 0 Å². The molecule has 0 aliphatic heterocycles. The van der Waals surface area contributed by atoms with Gasteiger partial charge in [-0.15, -0.1) is 5.10 Å². The van der Waals surface area contributed by atoms with E-state index in [4.69, 9.17) is 13.0 Å². The first kappa shape index (κ1) is 18.8. The highest BCUT2D eigenvalue weighted by atomic mass is 32.2. The Morgan fingerprint density at radius 3 is 2.86 bits per heavy atom. The lowest BCUT2D eigenvalue weighted by atomic mass is 10.1. The van der Waals surface area contributed by atoms with Crippen LogP contribution in [0.4, 0.5) is 10.2 Å². The molecule has 10 nitrogen and oxygen atoms in total. The number of aryl methyl sites for hydroxylation is 1. The SMILES string of the molecule is [2H]C([2H])(CC)Sc1nc(N[C@@H]2C[C@H]2c2ccc(C)c(F)c2)c2nnn([C@@H]3C[C@H](OC([2H])([2H])C([2H])([2H])O)[C@@H](O)[C@H]3O)c2n1. The Bertz CT molecular complexity index is 1480. The van der Waals surface area contributed by atoms with Crippen molar-refractivity contribution < 1.29 is 32.7 Å². The Morgan fingerprint density at radius 2 is 2.11 bits per heavy atom. The first-order chi connectivity index (χ1) is 19.5. The second-order valence-corrected chi connectivity index (χ2v) is 9.77. The molecule has 2 aliphatic carbocycles. The smallest absolute Gasteiger partial charge is 0.191 e. The number of aliphatic hydroxyl groups excluding tert-OH is 2. The third-order valence-corrected chi connectivity index (χ3v) is 7.31. The number of benzene rings is 1. The number of rotatable bonds is 10. The molecule has 1 aromatic carbocycles. The first-order valence-corrected chi connectivity index (χ1v) is 12.4. The fourth-order valence-corrected chi connectivity index (χ4v) is 5.03. The first-order valence-electron chi connectivity index (χ1n) is 14.6. The highest BCUT2D eigenvalue weighted by Crippen LogP contribution is 2.44. The van der Waals surface area contributed by atoms with Crippen molar-refractivity contribution in [3.05, 3.63) is 35.1 Å². The maximum absolute atomic E-state index is 14.2. The molecule has 0 unspecified atom stereocenters. The summed E-state index contributed by atoms with van der Waals surface area (Å²) in [6.07, 6.45) is -4.00. The van der Waals surface area contributed by atoms with Crippen LogP contribution in [0.5, 0.6) is 0 Å². The molecule has 2 aromatic heterocycles. The standard InChI is InChI=1S/C24H31FN6O4S/c1-3-8-36-24-27-22(26-16-10-14(16)13-5-4-12(2)15(25)9-13)19-23(28-24)31(30-29-19)17-11-18(35-7-6-32)21(34)20(17)33/h4-5,9,14,16-18,20-21,32-34H,3,6-8,10-11H2,1-2H3,(H,26,27,28)/t14-,16+,17+,18-,20-,21+/m0/s1/i6D2,7D2,8D2. The summed E-state index contributed by atoms with van der Waals surface area (Å²) in [5.41, 5.74) is -0.0319. The minimum Gasteiger partial charge on any atom is -0.394 e. The lowest BCUT2D eigenvalue weighted by Gasteiger charge is -2.17. The summed E-state index contributed by atoms with van der Waals surface area (Å²) in [7, 11) is 0. The molecule has 36 heavy (non-hydrogen) atoms. The number of anilines is 1. The van der Waals surface area contributed by atoms with Crippen LogP contribution in [0.25, 0.3) is 11.2 Å². The molecule has 12 heteroatoms. The van der Waals surface area contributed by atoms with E-state index >= 15 is 0 Å². The largest absolute Gasteiger partial charge is 0.394 e. The quantitative estimate of drug-likeness (QED) is 0.231. The van der Waals surface area contributed by atoms with Gasteiger partial charge in [0, 0.05) is 26.8 Å². The molecule has 194 valence electrons. The fourth-order valence-electron chi connectivity index (χ4n) is 4.48. The lowest BCUT2D eigenvalue weighted by molar-refractivity contribution is -0.0629. The average Bonchev–Trinajstić information content (AvgIpc) is 3.45. The van der Waals surface area contributed by atoms with Gasteiger partial charge in [0.25, 0.3) is 0 Å². The van der Waals surface area contributed by atoms with Crippen molar-refractivity contribution in [1.29, 1.82) is 0 Å². The molecule has 5 rings (SSSR count). The molecule has 6 atom stereocenters. The minimum atomic E-state index is -3.38. The van der Waals surface area contributed by atoms with E-state index in [9.17, 15) is 19.7 Å². The van der Waals surface area contributed by atoms with Crippen LogP contribution in [0, 0.1) is 12.7 Å². The number of hydrogen-bond donors (Lipinski definition) is 4. The molecule has 0 amide bonds. The van der Waals surface area contributed by atoms with Crippen LogP contribution in [-0.4, -0.2) is 83.5 Å². The summed E-state index contributed by atoms with van der Waals surface area (Å²) in [6.45, 7) is -3.20. The van der Waals surface area contributed by atoms with Gasteiger partial charge in [0.15, 0.2) is 22.1 Å². The summed E-state index contributed by atoms with van der Waals surface area (Å²) in [4.78, 5) is 8.94. The topological polar surface area (TPSA) is 138 Å². The van der Waals surface area contributed by atoms with Gasteiger partial charge in [-0.1, -0.05) is 36.0 Å². The van der Waals surface area contributed by atoms with Gasteiger partial charge < -0.3 is 25.4 Å². The van der Waals surface area contributed by atoms with Gasteiger partial charge >= 0.3 is 0 Å². The Hall–Kier alpha value is -2.38. The Morgan fingerprint density at radius 1 is 1.28 bits per heavy atom. The van der Waals surface area contributed by atoms with Crippen molar-refractivity contribution in [2.75, 3.05) is 24.1 Å². The molecule has 2 aliphatic rings. The molecule has 2 heterocycles. The van der Waals surface area contributed by atoms with Crippen molar-refractivity contribution in [2.45, 2.75) is 74.6 Å². The Kier molecular flexibility index (Phi) is 5.51. The predicted octanol–water partition coefficient (Wildman–Crippen LogP) is 2.18. The zero-order valence-corrected chi connectivity index (χ0v) is 20.4. The zero-order chi connectivity index (χ0) is 30.8. The van der Waals surface area contributed by atoms with Crippen LogP contribution in [0.2, 0.25) is 0 Å². The average molecular weight is 525 g/mol. The molecular formula is C24H31FN6O4S. The molecule has 2 saturated carbocycles. The number of nitrogens with zero attached hydrogens (tertiary/aromatic N) is 5. The lowest BCUT2D eigenvalue weighted by Crippen LogP contribution is -2.33. The summed E-state index contributed by atoms with van der Waals surface area (Å²) in [5.74, 6) is -0.0361. The van der Waals surface area contributed by atoms with Crippen LogP contribution >= 0.6 is 11.8 Å². The van der Waals surface area contributed by atoms with E-state index in [0.717, 1.165) is 17.3 Å². The molecule has 2 fully saturated rings. The van der Waals surface area contributed by atoms with E-state index in [1.165, 1.54) is 10.7 Å². The van der Waals surface area contributed by atoms with E-state index in [0.29, 0.717) is 12.0 Å². The number of thioether (sulfide) groups is 1. The van der Waals surface area contributed by atoms with Gasteiger partial charge in [0.2, 0.25) is 0 Å². The fraction of sp³-hybridized carbons (Fsp3) is 0.583. The van der Waals surface area contributed by atoms with Crippen molar-refractivity contribution in [3.63, 3.8) is 0 Å². The molecular weight excluding hydrogens is 487 g/mol. The van der Waals surface area contributed by atoms with Crippen LogP contribution < -0.4 is 5.32 Å². The van der Waals surface area contributed by atoms with Gasteiger partial charge in [0.05, 0.1) is 30.7 Å². The summed E-state index contributed by atoms with van der Waals surface area (Å²) >= 11 is 0.787. The van der Waals surface area contributed by atoms with Crippen LogP contribution in [0.1, 0.15) is 57.5 Å². The number of halogens is 1. The number of aromatic nitrogens is 5. The Balaban J connectivity index is 1.46. The molecule has 4 N–H and O–H groups in total. The normalized spacial score (nSPS) is 31.3. The molecule has 0 bridgehead atoms. The van der Waals surface area contributed by atoms with Gasteiger partial charge in [0.1, 0.15) is 18.0 Å². The van der Waals surface area contributed by atoms with E-state index in [2.05, 4.69) is 25.6 Å². The maximum atomic E-state index is 14.2. The number of hydrogen-bond acceptors (Lipinski definition) is 10. The number of aliphatic hydroxyl groups is 3. The van der Waals surface area contributed by atoms with E-state index in [1.807, 2.05) is 6.07 Å².